The lowest BCUT2D eigenvalue weighted by Gasteiger charge is -2.32. The number of nitrogens with one attached hydrogen (secondary N) is 2. The Balaban J connectivity index is 0.000000147. The number of Topliss-reactive ketones (excluding diaryl/α,β-unsaturated/α-hetero) is 1. The van der Waals surface area contributed by atoms with E-state index in [4.69, 9.17) is 0 Å². The molecular weight excluding hydrogens is 884 g/mol. The van der Waals surface area contributed by atoms with Crippen molar-refractivity contribution in [3.63, 3.8) is 0 Å². The zero-order valence-electron chi connectivity index (χ0n) is 35.0. The smallest absolute Gasteiger partial charge is 0.363 e. The molecule has 6 heterocycles. The number of ketones is 1. The first-order chi connectivity index (χ1) is 31.1. The van der Waals surface area contributed by atoms with Crippen molar-refractivity contribution in [2.45, 2.75) is 24.9 Å². The van der Waals surface area contributed by atoms with Crippen LogP contribution in [0.15, 0.2) is 109 Å². The number of fused-ring (bicyclic) bond motifs is 3. The third-order valence-corrected chi connectivity index (χ3v) is 10.6. The van der Waals surface area contributed by atoms with Crippen molar-refractivity contribution in [2.75, 3.05) is 66.1 Å². The minimum absolute atomic E-state index is 0.0615. The number of anilines is 5. The monoisotopic (exact) mass is 920 g/mol. The van der Waals surface area contributed by atoms with Crippen LogP contribution in [0.1, 0.15) is 22.3 Å². The Kier molecular flexibility index (Phi) is 12.8. The molecule has 3 aliphatic rings. The van der Waals surface area contributed by atoms with Crippen molar-refractivity contribution < 1.29 is 53.9 Å². The van der Waals surface area contributed by atoms with Gasteiger partial charge in [0.2, 0.25) is 11.8 Å². The van der Waals surface area contributed by atoms with Gasteiger partial charge >= 0.3 is 18.5 Å². The Morgan fingerprint density at radius 2 is 0.939 bits per heavy atom. The number of hydrogen-bond acceptors (Lipinski definition) is 9. The molecule has 0 fully saturated rings. The van der Waals surface area contributed by atoms with Crippen molar-refractivity contribution in [1.82, 2.24) is 15.0 Å². The Morgan fingerprint density at radius 3 is 1.45 bits per heavy atom. The number of halogens is 9. The van der Waals surface area contributed by atoms with Crippen LogP contribution in [0.25, 0.3) is 33.8 Å². The van der Waals surface area contributed by atoms with Crippen LogP contribution in [0.4, 0.5) is 68.3 Å². The van der Waals surface area contributed by atoms with Gasteiger partial charge in [-0.2, -0.15) is 39.5 Å². The second-order valence-electron chi connectivity index (χ2n) is 15.2. The molecule has 2 amide bonds. The summed E-state index contributed by atoms with van der Waals surface area (Å²) in [6.45, 7) is 0.497. The summed E-state index contributed by atoms with van der Waals surface area (Å²) >= 11 is 0. The predicted octanol–water partition coefficient (Wildman–Crippen LogP) is 9.64. The van der Waals surface area contributed by atoms with Gasteiger partial charge in [0.1, 0.15) is 5.82 Å². The number of pyridine rings is 3. The van der Waals surface area contributed by atoms with Gasteiger partial charge in [0.05, 0.1) is 64.8 Å². The Morgan fingerprint density at radius 1 is 0.500 bits per heavy atom. The molecule has 0 radical (unpaired) electrons. The van der Waals surface area contributed by atoms with E-state index < -0.39 is 35.2 Å². The van der Waals surface area contributed by atoms with Crippen LogP contribution in [0.3, 0.4) is 0 Å². The minimum Gasteiger partial charge on any atom is -0.363 e. The second kappa shape index (κ2) is 18.2. The SMILES string of the molecule is CN1C(=O)CNc2nc(-c3cccc(C(F)(F)F)c3)ccc21.CN1CC(=O)N(C)c2ccc(-c3cccc(C(F)(F)F)c3)nc21.O=C1CNc2nc(-c3cccc(C(F)(F)F)c3)ccc2C1. The summed E-state index contributed by atoms with van der Waals surface area (Å²) in [4.78, 5) is 52.4. The molecule has 3 aromatic carbocycles. The maximum absolute atomic E-state index is 12.8. The van der Waals surface area contributed by atoms with Crippen LogP contribution in [0.5, 0.6) is 0 Å². The molecule has 20 heteroatoms. The quantitative estimate of drug-likeness (QED) is 0.167. The molecule has 0 saturated heterocycles. The lowest BCUT2D eigenvalue weighted by molar-refractivity contribution is -0.138. The molecule has 342 valence electrons. The van der Waals surface area contributed by atoms with Gasteiger partial charge in [-0.3, -0.25) is 14.4 Å². The molecule has 0 atom stereocenters. The first-order valence-corrected chi connectivity index (χ1v) is 19.9. The fraction of sp³-hybridized carbons (Fsp3) is 0.217. The molecule has 3 aromatic heterocycles. The average Bonchev–Trinajstić information content (AvgIpc) is 3.29. The van der Waals surface area contributed by atoms with Crippen molar-refractivity contribution in [1.29, 1.82) is 0 Å². The number of nitrogens with zero attached hydrogens (tertiary/aromatic N) is 6. The summed E-state index contributed by atoms with van der Waals surface area (Å²) in [7, 11) is 5.01. The van der Waals surface area contributed by atoms with E-state index in [-0.39, 0.29) is 37.2 Å². The summed E-state index contributed by atoms with van der Waals surface area (Å²) in [5.41, 5.74) is 2.32. The molecule has 0 unspecified atom stereocenters. The topological polar surface area (TPSA) is 124 Å². The molecule has 2 N–H and O–H groups in total. The van der Waals surface area contributed by atoms with Crippen molar-refractivity contribution in [3.8, 4) is 33.8 Å². The van der Waals surface area contributed by atoms with E-state index in [0.29, 0.717) is 69.0 Å². The Hall–Kier alpha value is -7.51. The van der Waals surface area contributed by atoms with E-state index in [1.54, 1.807) is 80.6 Å². The number of rotatable bonds is 3. The zero-order valence-corrected chi connectivity index (χ0v) is 35.0. The lowest BCUT2D eigenvalue weighted by Crippen LogP contribution is -2.42. The van der Waals surface area contributed by atoms with Gasteiger partial charge in [0.15, 0.2) is 17.4 Å². The highest BCUT2D eigenvalue weighted by atomic mass is 19.4. The predicted molar refractivity (Wildman–Crippen MR) is 230 cm³/mol. The normalized spacial score (nSPS) is 14.7. The molecule has 3 aliphatic heterocycles. The van der Waals surface area contributed by atoms with Gasteiger partial charge in [-0.05, 0) is 66.7 Å². The number of hydrogen-bond donors (Lipinski definition) is 2. The molecule has 0 aliphatic carbocycles. The third kappa shape index (κ3) is 10.4. The first kappa shape index (κ1) is 46.5. The highest BCUT2D eigenvalue weighted by Gasteiger charge is 2.33. The van der Waals surface area contributed by atoms with E-state index in [2.05, 4.69) is 25.6 Å². The Labute approximate surface area is 370 Å². The zero-order chi connectivity index (χ0) is 47.7. The first-order valence-electron chi connectivity index (χ1n) is 19.9. The molecule has 0 bridgehead atoms. The van der Waals surface area contributed by atoms with Crippen molar-refractivity contribution in [3.05, 3.63) is 131 Å². The number of alkyl halides is 9. The van der Waals surface area contributed by atoms with Gasteiger partial charge < -0.3 is 25.3 Å². The van der Waals surface area contributed by atoms with Gasteiger partial charge in [-0.1, -0.05) is 42.5 Å². The molecule has 11 nitrogen and oxygen atoms in total. The summed E-state index contributed by atoms with van der Waals surface area (Å²) < 4.78 is 115. The van der Waals surface area contributed by atoms with Crippen LogP contribution in [0.2, 0.25) is 0 Å². The largest absolute Gasteiger partial charge is 0.416 e. The Bertz CT molecular complexity index is 2830. The summed E-state index contributed by atoms with van der Waals surface area (Å²) in [6, 6.07) is 25.0. The fourth-order valence-electron chi connectivity index (χ4n) is 7.05. The number of aromatic nitrogens is 3. The van der Waals surface area contributed by atoms with Crippen molar-refractivity contribution >= 4 is 46.4 Å². The molecule has 6 aromatic rings. The van der Waals surface area contributed by atoms with Crippen molar-refractivity contribution in [2.24, 2.45) is 0 Å². The van der Waals surface area contributed by atoms with Crippen LogP contribution in [-0.2, 0) is 39.3 Å². The van der Waals surface area contributed by atoms with E-state index in [1.165, 1.54) is 28.0 Å². The number of carbonyl (C=O) groups excluding carboxylic acids is 3. The number of likely N-dealkylation sites (N-methyl/N-ethyl adjacent to an activating group) is 3. The van der Waals surface area contributed by atoms with Gasteiger partial charge in [0, 0.05) is 49.8 Å². The van der Waals surface area contributed by atoms with Gasteiger partial charge in [-0.25, -0.2) is 15.0 Å². The number of carbonyl (C=O) groups is 3. The summed E-state index contributed by atoms with van der Waals surface area (Å²) in [5, 5.41) is 5.76. The summed E-state index contributed by atoms with van der Waals surface area (Å²) in [6.07, 6.45) is -12.9. The molecule has 0 saturated carbocycles. The van der Waals surface area contributed by atoms with Crippen LogP contribution < -0.4 is 25.3 Å². The lowest BCUT2D eigenvalue weighted by atomic mass is 10.0. The highest BCUT2D eigenvalue weighted by Crippen LogP contribution is 2.37. The summed E-state index contributed by atoms with van der Waals surface area (Å²) in [5.74, 6) is 1.52. The van der Waals surface area contributed by atoms with Gasteiger partial charge in [-0.15, -0.1) is 0 Å². The second-order valence-corrected chi connectivity index (χ2v) is 15.2. The van der Waals surface area contributed by atoms with Crippen LogP contribution >= 0.6 is 0 Å². The maximum Gasteiger partial charge on any atom is 0.416 e. The number of amides is 2. The standard InChI is InChI=1S/C16H14F3N3O.C15H12F3N3O.C15H11F3N2O/c1-21-9-14(23)22(2)13-7-6-12(20-15(13)21)10-4-3-5-11(8-10)16(17,18)19;1-21-12-6-5-11(20-14(12)19-8-13(21)22)9-3-2-4-10(7-9)15(16,17)18;16-15(17,18)11-3-1-2-9(6-11)13-5-4-10-7-12(21)8-19-14(10)20-13/h3-8H,9H2,1-2H3;2-7H,8H2,1H3,(H,19,20);1-6H,7-8H2,(H,19,20). The fourth-order valence-corrected chi connectivity index (χ4v) is 7.05. The molecule has 9 rings (SSSR count). The molecule has 66 heavy (non-hydrogen) atoms. The van der Waals surface area contributed by atoms with E-state index in [9.17, 15) is 53.9 Å². The van der Waals surface area contributed by atoms with Gasteiger partial charge in [0.25, 0.3) is 0 Å². The van der Waals surface area contributed by atoms with Crippen LogP contribution in [-0.4, -0.2) is 73.3 Å². The number of benzene rings is 3. The third-order valence-electron chi connectivity index (χ3n) is 10.6. The van der Waals surface area contributed by atoms with E-state index in [1.807, 2.05) is 0 Å². The van der Waals surface area contributed by atoms with E-state index >= 15 is 0 Å². The van der Waals surface area contributed by atoms with Crippen LogP contribution in [0, 0.1) is 0 Å². The van der Waals surface area contributed by atoms with E-state index in [0.717, 1.165) is 42.0 Å². The minimum atomic E-state index is -4.40. The highest BCUT2D eigenvalue weighted by molar-refractivity contribution is 6.02. The average molecular weight is 921 g/mol. The molecule has 0 spiro atoms. The molecular formula is C46H37F9N8O3. The maximum atomic E-state index is 12.8.